The molecule has 39 heavy (non-hydrogen) atoms. The number of anilines is 1. The highest BCUT2D eigenvalue weighted by molar-refractivity contribution is 6.00. The van der Waals surface area contributed by atoms with Crippen molar-refractivity contribution < 1.29 is 24.5 Å². The highest BCUT2D eigenvalue weighted by Crippen LogP contribution is 2.36. The molecule has 11 heteroatoms. The number of aliphatic imine (C=N–C) groups is 1. The van der Waals surface area contributed by atoms with Gasteiger partial charge in [-0.1, -0.05) is 12.1 Å². The molecule has 3 aromatic rings. The first-order valence-electron chi connectivity index (χ1n) is 12.7. The summed E-state index contributed by atoms with van der Waals surface area (Å²) in [5.74, 6) is 0.248. The number of aromatic nitrogens is 1. The lowest BCUT2D eigenvalue weighted by Gasteiger charge is -2.32. The molecule has 202 valence electrons. The van der Waals surface area contributed by atoms with Crippen LogP contribution in [0.15, 0.2) is 59.6 Å². The number of nitrogens with zero attached hydrogens (tertiary/aromatic N) is 4. The number of pyridine rings is 1. The number of nitrogen functional groups attached to an aromatic ring is 1. The van der Waals surface area contributed by atoms with Crippen LogP contribution >= 0.6 is 0 Å². The summed E-state index contributed by atoms with van der Waals surface area (Å²) in [4.78, 5) is 24.8. The van der Waals surface area contributed by atoms with E-state index in [1.807, 2.05) is 36.2 Å². The lowest BCUT2D eigenvalue weighted by molar-refractivity contribution is -0.141. The Kier molecular flexibility index (Phi) is 7.22. The van der Waals surface area contributed by atoms with Gasteiger partial charge in [-0.2, -0.15) is 4.98 Å². The molecular weight excluding hydrogens is 500 g/mol. The summed E-state index contributed by atoms with van der Waals surface area (Å²) >= 11 is 0. The van der Waals surface area contributed by atoms with E-state index in [2.05, 4.69) is 14.9 Å². The molecule has 1 fully saturated rings. The minimum absolute atomic E-state index is 0.0737. The van der Waals surface area contributed by atoms with E-state index in [9.17, 15) is 15.0 Å². The van der Waals surface area contributed by atoms with Crippen molar-refractivity contribution in [1.29, 1.82) is 5.41 Å². The number of phenols is 1. The average Bonchev–Trinajstić information content (AvgIpc) is 3.35. The van der Waals surface area contributed by atoms with Gasteiger partial charge in [-0.05, 0) is 43.2 Å². The van der Waals surface area contributed by atoms with E-state index >= 15 is 0 Å². The van der Waals surface area contributed by atoms with Crippen LogP contribution in [-0.2, 0) is 4.79 Å². The molecule has 5 rings (SSSR count). The Morgan fingerprint density at radius 2 is 1.90 bits per heavy atom. The molecule has 2 aliphatic rings. The molecule has 0 bridgehead atoms. The molecule has 0 amide bonds. The number of rotatable bonds is 8. The normalized spacial score (nSPS) is 17.1. The first-order valence-corrected chi connectivity index (χ1v) is 12.7. The van der Waals surface area contributed by atoms with Gasteiger partial charge >= 0.3 is 5.97 Å². The summed E-state index contributed by atoms with van der Waals surface area (Å²) in [6.45, 7) is 2.60. The second kappa shape index (κ2) is 10.9. The monoisotopic (exact) mass is 530 g/mol. The van der Waals surface area contributed by atoms with Gasteiger partial charge in [0.2, 0.25) is 11.8 Å². The fourth-order valence-electron chi connectivity index (χ4n) is 4.71. The predicted octanol–water partition coefficient (Wildman–Crippen LogP) is 3.65. The van der Waals surface area contributed by atoms with Crippen LogP contribution in [-0.4, -0.2) is 71.0 Å². The van der Waals surface area contributed by atoms with E-state index in [-0.39, 0.29) is 29.1 Å². The van der Waals surface area contributed by atoms with Gasteiger partial charge in [0.05, 0.1) is 12.5 Å². The van der Waals surface area contributed by atoms with Crippen LogP contribution in [0.5, 0.6) is 29.0 Å². The number of ether oxygens (including phenoxy) is 2. The van der Waals surface area contributed by atoms with Crippen LogP contribution in [0.2, 0.25) is 0 Å². The Morgan fingerprint density at radius 3 is 2.62 bits per heavy atom. The number of hydrogen-bond donors (Lipinski definition) is 4. The molecule has 0 saturated carbocycles. The lowest BCUT2D eigenvalue weighted by Crippen LogP contribution is -2.38. The number of carboxylic acids is 1. The van der Waals surface area contributed by atoms with Crippen molar-refractivity contribution in [3.8, 4) is 29.0 Å². The minimum Gasteiger partial charge on any atom is -0.504 e. The number of aliphatic carboxylic acids is 1. The van der Waals surface area contributed by atoms with Crippen molar-refractivity contribution >= 4 is 23.3 Å². The van der Waals surface area contributed by atoms with Crippen LogP contribution < -0.4 is 20.1 Å². The third-order valence-corrected chi connectivity index (χ3v) is 6.76. The summed E-state index contributed by atoms with van der Waals surface area (Å²) in [5, 5.41) is 27.6. The highest BCUT2D eigenvalue weighted by atomic mass is 16.5. The maximum Gasteiger partial charge on any atom is 0.308 e. The first-order chi connectivity index (χ1) is 18.8. The molecule has 1 atom stereocenters. The number of likely N-dealkylation sites (N-methyl/N-ethyl adjacent to an activating group) is 1. The fraction of sp³-hybridized carbons (Fsp3) is 0.286. The summed E-state index contributed by atoms with van der Waals surface area (Å²) in [6, 6.07) is 15.3. The number of nitrogens with two attached hydrogens (primary N) is 1. The fourth-order valence-corrected chi connectivity index (χ4v) is 4.71. The molecule has 11 nitrogen and oxygen atoms in total. The van der Waals surface area contributed by atoms with Gasteiger partial charge in [-0.15, -0.1) is 0 Å². The largest absolute Gasteiger partial charge is 0.504 e. The maximum atomic E-state index is 11.7. The third kappa shape index (κ3) is 5.87. The summed E-state index contributed by atoms with van der Waals surface area (Å²) in [5.41, 5.74) is 7.59. The van der Waals surface area contributed by atoms with Gasteiger partial charge in [0, 0.05) is 55.6 Å². The highest BCUT2D eigenvalue weighted by Gasteiger charge is 2.26. The summed E-state index contributed by atoms with van der Waals surface area (Å²) in [6.07, 6.45) is 1.34. The standard InChI is InChI=1S/C28H30N6O5/c1-33-11-9-31-27(33)18-4-2-6-21(12-18)38-24-14-20(34-10-3-5-19(16-34)28(36)37)15-25(32-24)39-23-13-17(26(29)30)7-8-22(23)35/h2,4,6-8,12-15,19,35H,3,5,9-11,16H2,1H3,(H3,29,30)(H,36,37). The smallest absolute Gasteiger partial charge is 0.308 e. The Balaban J connectivity index is 1.49. The Bertz CT molecular complexity index is 1440. The minimum atomic E-state index is -0.829. The van der Waals surface area contributed by atoms with Crippen LogP contribution in [0.4, 0.5) is 5.69 Å². The third-order valence-electron chi connectivity index (χ3n) is 6.76. The molecule has 1 saturated heterocycles. The van der Waals surface area contributed by atoms with Gasteiger partial charge in [0.1, 0.15) is 17.4 Å². The van der Waals surface area contributed by atoms with E-state index in [1.54, 1.807) is 12.1 Å². The van der Waals surface area contributed by atoms with Crippen LogP contribution in [0.3, 0.4) is 0 Å². The van der Waals surface area contributed by atoms with E-state index in [0.717, 1.165) is 30.9 Å². The van der Waals surface area contributed by atoms with E-state index in [1.165, 1.54) is 18.2 Å². The van der Waals surface area contributed by atoms with Gasteiger partial charge in [-0.25, -0.2) is 0 Å². The molecular formula is C28H30N6O5. The van der Waals surface area contributed by atoms with Crippen LogP contribution in [0, 0.1) is 11.3 Å². The molecule has 0 radical (unpaired) electrons. The molecule has 2 aliphatic heterocycles. The molecule has 0 spiro atoms. The molecule has 2 aromatic carbocycles. The zero-order valence-corrected chi connectivity index (χ0v) is 21.5. The average molecular weight is 531 g/mol. The Labute approximate surface area is 225 Å². The van der Waals surface area contributed by atoms with E-state index in [4.69, 9.17) is 20.6 Å². The van der Waals surface area contributed by atoms with Crippen molar-refractivity contribution in [3.05, 3.63) is 65.7 Å². The quantitative estimate of drug-likeness (QED) is 0.252. The number of piperidine rings is 1. The predicted molar refractivity (Wildman–Crippen MR) is 147 cm³/mol. The van der Waals surface area contributed by atoms with Crippen molar-refractivity contribution in [1.82, 2.24) is 9.88 Å². The van der Waals surface area contributed by atoms with Gasteiger partial charge < -0.3 is 35.2 Å². The van der Waals surface area contributed by atoms with Crippen molar-refractivity contribution in [2.75, 3.05) is 38.1 Å². The molecule has 0 aliphatic carbocycles. The number of hydrogen-bond acceptors (Lipinski definition) is 9. The first kappa shape index (κ1) is 25.8. The van der Waals surface area contributed by atoms with Crippen LogP contribution in [0.25, 0.3) is 0 Å². The van der Waals surface area contributed by atoms with Crippen LogP contribution in [0.1, 0.15) is 24.0 Å². The zero-order valence-electron chi connectivity index (χ0n) is 21.5. The summed E-state index contributed by atoms with van der Waals surface area (Å²) in [7, 11) is 1.99. The van der Waals surface area contributed by atoms with E-state index < -0.39 is 11.9 Å². The number of benzene rings is 2. The van der Waals surface area contributed by atoms with Crippen molar-refractivity contribution in [3.63, 3.8) is 0 Å². The maximum absolute atomic E-state index is 11.7. The SMILES string of the molecule is CN1CCN=C1c1cccc(Oc2cc(N3CCCC(C(=O)O)C3)cc(Oc3cc(C(=N)N)ccc3O)n2)c1. The lowest BCUT2D eigenvalue weighted by atomic mass is 9.98. The Morgan fingerprint density at radius 1 is 1.10 bits per heavy atom. The van der Waals surface area contributed by atoms with Gasteiger partial charge in [0.25, 0.3) is 0 Å². The van der Waals surface area contributed by atoms with Crippen molar-refractivity contribution in [2.24, 2.45) is 16.6 Å². The van der Waals surface area contributed by atoms with Gasteiger partial charge in [0.15, 0.2) is 11.5 Å². The number of phenolic OH excluding ortho intramolecular Hbond substituents is 1. The van der Waals surface area contributed by atoms with Gasteiger partial charge in [-0.3, -0.25) is 15.2 Å². The number of carbonyl (C=O) groups is 1. The number of amidine groups is 2. The molecule has 3 heterocycles. The molecule has 1 aromatic heterocycles. The number of carboxylic acid groups (broad SMARTS) is 1. The summed E-state index contributed by atoms with van der Waals surface area (Å²) < 4.78 is 12.1. The number of aromatic hydroxyl groups is 1. The van der Waals surface area contributed by atoms with Crippen molar-refractivity contribution in [2.45, 2.75) is 12.8 Å². The number of nitrogens with one attached hydrogen (secondary N) is 1. The molecule has 5 N–H and O–H groups in total. The molecule has 1 unspecified atom stereocenters. The zero-order chi connectivity index (χ0) is 27.5. The second-order valence-corrected chi connectivity index (χ2v) is 9.58. The topological polar surface area (TPSA) is 158 Å². The van der Waals surface area contributed by atoms with E-state index in [0.29, 0.717) is 36.5 Å². The second-order valence-electron chi connectivity index (χ2n) is 9.58. The Hall–Kier alpha value is -4.80.